The zero-order chi connectivity index (χ0) is 7.40. The van der Waals surface area contributed by atoms with Crippen LogP contribution in [-0.4, -0.2) is 0 Å². The summed E-state index contributed by atoms with van der Waals surface area (Å²) in [5.41, 5.74) is 0.930. The molecule has 0 aromatic heterocycles. The molecule has 10 heavy (non-hydrogen) atoms. The lowest BCUT2D eigenvalue weighted by molar-refractivity contribution is 0.603. The van der Waals surface area contributed by atoms with Gasteiger partial charge in [0.25, 0.3) is 0 Å². The molecule has 1 nitrogen and oxygen atoms in total. The molecule has 0 atom stereocenters. The van der Waals surface area contributed by atoms with Gasteiger partial charge in [0.05, 0.1) is 0 Å². The molecule has 1 aromatic rings. The molecular formula is C8H7OP. The van der Waals surface area contributed by atoms with E-state index in [0.717, 1.165) is 5.56 Å². The Morgan fingerprint density at radius 1 is 1.30 bits per heavy atom. The van der Waals surface area contributed by atoms with Crippen LogP contribution in [0.3, 0.4) is 0 Å². The maximum absolute atomic E-state index is 10.3. The van der Waals surface area contributed by atoms with Crippen LogP contribution in [0.4, 0.5) is 0 Å². The maximum atomic E-state index is 10.3. The summed E-state index contributed by atoms with van der Waals surface area (Å²) in [5.74, 6) is 0. The second-order valence-electron chi connectivity index (χ2n) is 1.90. The van der Waals surface area contributed by atoms with Gasteiger partial charge in [0.2, 0.25) is 0 Å². The minimum Gasteiger partial charge on any atom is -0.269 e. The van der Waals surface area contributed by atoms with Crippen LogP contribution in [0.25, 0.3) is 5.31 Å². The van der Waals surface area contributed by atoms with Gasteiger partial charge in [-0.1, -0.05) is 36.9 Å². The van der Waals surface area contributed by atoms with Crippen molar-refractivity contribution in [3.8, 4) is 0 Å². The summed E-state index contributed by atoms with van der Waals surface area (Å²) >= 11 is 0. The summed E-state index contributed by atoms with van der Waals surface area (Å²) in [5, 5.41) is 0.626. The topological polar surface area (TPSA) is 17.1 Å². The van der Waals surface area contributed by atoms with Crippen LogP contribution in [-0.2, 0) is 4.57 Å². The summed E-state index contributed by atoms with van der Waals surface area (Å²) in [4.78, 5) is 0. The third-order valence-electron chi connectivity index (χ3n) is 1.22. The van der Waals surface area contributed by atoms with Gasteiger partial charge in [0.15, 0.2) is 8.46 Å². The van der Waals surface area contributed by atoms with Crippen LogP contribution < -0.4 is 0 Å². The van der Waals surface area contributed by atoms with Crippen molar-refractivity contribution >= 4 is 13.8 Å². The van der Waals surface area contributed by atoms with Gasteiger partial charge in [0.1, 0.15) is 0 Å². The van der Waals surface area contributed by atoms with Crippen molar-refractivity contribution in [3.05, 3.63) is 42.5 Å². The van der Waals surface area contributed by atoms with E-state index < -0.39 is 0 Å². The van der Waals surface area contributed by atoms with Crippen molar-refractivity contribution in [1.82, 2.24) is 0 Å². The highest BCUT2D eigenvalue weighted by Gasteiger charge is 1.93. The molecule has 0 N–H and O–H groups in total. The first kappa shape index (κ1) is 7.17. The minimum atomic E-state index is -0.00102. The van der Waals surface area contributed by atoms with Crippen LogP contribution >= 0.6 is 8.46 Å². The predicted molar refractivity (Wildman–Crippen MR) is 43.1 cm³/mol. The molecule has 0 saturated heterocycles. The molecule has 0 unspecified atom stereocenters. The van der Waals surface area contributed by atoms with Gasteiger partial charge in [-0.3, -0.25) is 4.57 Å². The fourth-order valence-corrected chi connectivity index (χ4v) is 0.938. The zero-order valence-corrected chi connectivity index (χ0v) is 6.34. The van der Waals surface area contributed by atoms with Crippen molar-refractivity contribution < 1.29 is 4.57 Å². The Kier molecular flexibility index (Phi) is 2.35. The van der Waals surface area contributed by atoms with Gasteiger partial charge >= 0.3 is 0 Å². The van der Waals surface area contributed by atoms with Gasteiger partial charge in [-0.25, -0.2) is 0 Å². The van der Waals surface area contributed by atoms with Crippen LogP contribution in [0.2, 0.25) is 0 Å². The average Bonchev–Trinajstić information content (AvgIpc) is 2.05. The number of hydrogen-bond donors (Lipinski definition) is 0. The Hall–Kier alpha value is -0.940. The number of benzene rings is 1. The van der Waals surface area contributed by atoms with E-state index in [-0.39, 0.29) is 8.46 Å². The minimum absolute atomic E-state index is 0.00102. The lowest BCUT2D eigenvalue weighted by Gasteiger charge is -1.92. The van der Waals surface area contributed by atoms with E-state index in [1.54, 1.807) is 0 Å². The predicted octanol–water partition coefficient (Wildman–Crippen LogP) is 2.95. The Morgan fingerprint density at radius 3 is 2.40 bits per heavy atom. The molecule has 0 fully saturated rings. The van der Waals surface area contributed by atoms with Gasteiger partial charge in [-0.15, -0.1) is 0 Å². The fourth-order valence-electron chi connectivity index (χ4n) is 0.683. The van der Waals surface area contributed by atoms with Crippen molar-refractivity contribution in [3.63, 3.8) is 0 Å². The first-order valence-corrected chi connectivity index (χ1v) is 3.73. The summed E-state index contributed by atoms with van der Waals surface area (Å²) in [6.07, 6.45) is 0. The lowest BCUT2D eigenvalue weighted by Crippen LogP contribution is -1.70. The second-order valence-corrected chi connectivity index (χ2v) is 2.63. The Balaban J connectivity index is 2.95. The molecular weight excluding hydrogens is 143 g/mol. The van der Waals surface area contributed by atoms with Crippen molar-refractivity contribution in [2.75, 3.05) is 0 Å². The Labute approximate surface area is 61.6 Å². The Bertz CT molecular complexity index is 241. The molecule has 0 bridgehead atoms. The Morgan fingerprint density at radius 2 is 1.90 bits per heavy atom. The highest BCUT2D eigenvalue weighted by Crippen LogP contribution is 2.21. The van der Waals surface area contributed by atoms with Gasteiger partial charge in [0, 0.05) is 5.31 Å². The molecule has 0 spiro atoms. The molecule has 0 heterocycles. The van der Waals surface area contributed by atoms with E-state index in [1.807, 2.05) is 30.3 Å². The van der Waals surface area contributed by atoms with Crippen LogP contribution in [0.15, 0.2) is 36.9 Å². The van der Waals surface area contributed by atoms with Crippen molar-refractivity contribution in [1.29, 1.82) is 0 Å². The first-order valence-electron chi connectivity index (χ1n) is 2.92. The molecule has 0 aliphatic carbocycles. The summed E-state index contributed by atoms with van der Waals surface area (Å²) < 4.78 is 10.3. The summed E-state index contributed by atoms with van der Waals surface area (Å²) in [6, 6.07) is 9.47. The SMILES string of the molecule is C=C(P=O)c1ccccc1. The van der Waals surface area contributed by atoms with E-state index >= 15 is 0 Å². The van der Waals surface area contributed by atoms with Crippen LogP contribution in [0.5, 0.6) is 0 Å². The van der Waals surface area contributed by atoms with Crippen molar-refractivity contribution in [2.45, 2.75) is 0 Å². The summed E-state index contributed by atoms with van der Waals surface area (Å²) in [6.45, 7) is 3.62. The molecule has 1 aromatic carbocycles. The van der Waals surface area contributed by atoms with Crippen LogP contribution in [0.1, 0.15) is 5.56 Å². The second kappa shape index (κ2) is 3.28. The number of hydrogen-bond acceptors (Lipinski definition) is 1. The highest BCUT2D eigenvalue weighted by atomic mass is 31.1. The monoisotopic (exact) mass is 150 g/mol. The van der Waals surface area contributed by atoms with E-state index in [1.165, 1.54) is 0 Å². The fraction of sp³-hybridized carbons (Fsp3) is 0. The molecule has 1 rings (SSSR count). The van der Waals surface area contributed by atoms with E-state index in [0.29, 0.717) is 5.31 Å². The van der Waals surface area contributed by atoms with E-state index in [2.05, 4.69) is 6.58 Å². The summed E-state index contributed by atoms with van der Waals surface area (Å²) in [7, 11) is -0.00102. The first-order chi connectivity index (χ1) is 4.84. The molecule has 2 heteroatoms. The van der Waals surface area contributed by atoms with Crippen molar-refractivity contribution in [2.24, 2.45) is 0 Å². The largest absolute Gasteiger partial charge is 0.269 e. The van der Waals surface area contributed by atoms with Crippen LogP contribution in [0, 0.1) is 0 Å². The maximum Gasteiger partial charge on any atom is 0.192 e. The zero-order valence-electron chi connectivity index (χ0n) is 5.45. The molecule has 0 radical (unpaired) electrons. The molecule has 0 aliphatic heterocycles. The normalized spacial score (nSPS) is 9.60. The third kappa shape index (κ3) is 1.52. The third-order valence-corrected chi connectivity index (χ3v) is 1.70. The molecule has 0 aliphatic rings. The van der Waals surface area contributed by atoms with E-state index in [4.69, 9.17) is 0 Å². The van der Waals surface area contributed by atoms with E-state index in [9.17, 15) is 4.57 Å². The molecule has 0 amide bonds. The van der Waals surface area contributed by atoms with Gasteiger partial charge < -0.3 is 0 Å². The molecule has 0 saturated carbocycles. The van der Waals surface area contributed by atoms with Gasteiger partial charge in [-0.2, -0.15) is 0 Å². The quantitative estimate of drug-likeness (QED) is 0.592. The highest BCUT2D eigenvalue weighted by molar-refractivity contribution is 7.37. The standard InChI is InChI=1S/C8H7OP/c1-7(10-9)8-5-3-2-4-6-8/h2-6H,1H2. The molecule has 50 valence electrons. The average molecular weight is 150 g/mol. The number of rotatable bonds is 2. The van der Waals surface area contributed by atoms with Gasteiger partial charge in [-0.05, 0) is 5.56 Å². The lowest BCUT2D eigenvalue weighted by atomic mass is 10.2. The smallest absolute Gasteiger partial charge is 0.192 e.